The molecule has 21 heteroatoms. The Kier molecular flexibility index (Phi) is 19.1. The normalized spacial score (nSPS) is 10.4. The van der Waals surface area contributed by atoms with E-state index < -0.39 is 19.8 Å². The second-order valence-corrected chi connectivity index (χ2v) is 17.8. The minimum Gasteiger partial charge on any atom is -0.478 e. The summed E-state index contributed by atoms with van der Waals surface area (Å²) < 4.78 is 39.9. The highest BCUT2D eigenvalue weighted by atomic mass is 79.9. The fraction of sp³-hybridized carbons (Fsp3) is 0.0455. The Labute approximate surface area is 407 Å². The average Bonchev–Trinajstić information content (AvgIpc) is 3.87. The smallest absolute Gasteiger partial charge is 0.478 e. The molecule has 0 aliphatic heterocycles. The van der Waals surface area contributed by atoms with E-state index in [1.807, 2.05) is 18.2 Å². The maximum atomic E-state index is 12.3. The van der Waals surface area contributed by atoms with Crippen LogP contribution in [0.2, 0.25) is 20.1 Å². The number of aliphatic hydroxyl groups excluding tert-OH is 1. The van der Waals surface area contributed by atoms with Crippen LogP contribution in [-0.4, -0.2) is 22.3 Å². The predicted molar refractivity (Wildman–Crippen MR) is 258 cm³/mol. The van der Waals surface area contributed by atoms with Gasteiger partial charge in [0.15, 0.2) is 0 Å². The molecule has 0 fully saturated rings. The Morgan fingerprint density at radius 2 is 1.17 bits per heavy atom. The van der Waals surface area contributed by atoms with Gasteiger partial charge in [-0.25, -0.2) is 14.2 Å². The summed E-state index contributed by atoms with van der Waals surface area (Å²) in [6.07, 6.45) is 2.12. The van der Waals surface area contributed by atoms with Crippen molar-refractivity contribution in [3.8, 4) is 11.5 Å². The van der Waals surface area contributed by atoms with Crippen molar-refractivity contribution in [2.75, 3.05) is 5.32 Å². The van der Waals surface area contributed by atoms with Gasteiger partial charge in [0.2, 0.25) is 0 Å². The number of furan rings is 2. The summed E-state index contributed by atoms with van der Waals surface area (Å²) in [5, 5.41) is 23.6. The molecule has 0 unspecified atom stereocenters. The van der Waals surface area contributed by atoms with Crippen LogP contribution in [0.3, 0.4) is 0 Å². The molecule has 8 rings (SSSR count). The van der Waals surface area contributed by atoms with Gasteiger partial charge in [-0.05, 0) is 114 Å². The van der Waals surface area contributed by atoms with Gasteiger partial charge in [0.1, 0.15) is 47.4 Å². The molecule has 0 atom stereocenters. The van der Waals surface area contributed by atoms with Crippen LogP contribution in [0.1, 0.15) is 21.5 Å². The summed E-state index contributed by atoms with van der Waals surface area (Å²) in [5.74, 6) is -0.375. The van der Waals surface area contributed by atoms with Crippen LogP contribution in [0.15, 0.2) is 169 Å². The Balaban J connectivity index is 0.000000170. The lowest BCUT2D eigenvalue weighted by Gasteiger charge is -2.14. The van der Waals surface area contributed by atoms with Crippen LogP contribution < -0.4 is 14.4 Å². The predicted octanol–water partition coefficient (Wildman–Crippen LogP) is 16.2. The Morgan fingerprint density at radius 3 is 1.66 bits per heavy atom. The highest BCUT2D eigenvalue weighted by molar-refractivity contribution is 9.10. The lowest BCUT2D eigenvalue weighted by atomic mass is 10.2. The van der Waals surface area contributed by atoms with Gasteiger partial charge in [0.05, 0.1) is 12.3 Å². The topological polar surface area (TPSA) is 206 Å². The van der Waals surface area contributed by atoms with Crippen molar-refractivity contribution in [3.63, 3.8) is 0 Å². The molecule has 6 aromatic carbocycles. The van der Waals surface area contributed by atoms with Crippen molar-refractivity contribution in [3.05, 3.63) is 202 Å². The van der Waals surface area contributed by atoms with Crippen molar-refractivity contribution in [1.29, 1.82) is 0 Å². The van der Waals surface area contributed by atoms with Gasteiger partial charge in [-0.15, -0.1) is 0 Å². The van der Waals surface area contributed by atoms with Gasteiger partial charge in [0, 0.05) is 49.6 Å². The van der Waals surface area contributed by atoms with Crippen molar-refractivity contribution in [1.82, 2.24) is 0 Å². The van der Waals surface area contributed by atoms with Gasteiger partial charge in [-0.3, -0.25) is 5.32 Å². The van der Waals surface area contributed by atoms with E-state index in [1.165, 1.54) is 12.5 Å². The number of hydrogen-bond donors (Lipinski definition) is 3. The molecule has 2 heterocycles. The molecule has 0 radical (unpaired) electrons. The largest absolute Gasteiger partial charge is 0.525 e. The number of carbonyl (C=O) groups is 2. The number of nitrogens with one attached hydrogen (secondary N) is 1. The SMILES string of the molecule is O=C(Nc1coc2ccc(Br)cc12)OCc1cc(Cl)cc(Cl)c1.O=C(O)c1coc2ccc(Br)cc12.OCc1cc(Cl)cc(Cl)c1.[N-]=[N+]=NP(=O)(Oc1ccccc1)Oc1ccccc1. The lowest BCUT2D eigenvalue weighted by molar-refractivity contribution is 0.0697. The molecule has 14 nitrogen and oxygen atoms in total. The van der Waals surface area contributed by atoms with E-state index in [1.54, 1.807) is 115 Å². The number of anilines is 1. The number of aliphatic hydroxyl groups is 1. The Hall–Kier alpha value is -5.64. The number of azide groups is 1. The molecule has 1 amide bonds. The number of nitrogens with zero attached hydrogens (tertiary/aromatic N) is 3. The van der Waals surface area contributed by atoms with Crippen LogP contribution in [-0.2, 0) is 22.5 Å². The molecule has 0 spiro atoms. The molecular weight excluding hydrogens is 1080 g/mol. The maximum Gasteiger partial charge on any atom is 0.525 e. The zero-order chi connectivity index (χ0) is 46.9. The Bertz CT molecular complexity index is 2910. The van der Waals surface area contributed by atoms with E-state index in [4.69, 9.17) is 84.8 Å². The minimum absolute atomic E-state index is 0.0275. The third-order valence-electron chi connectivity index (χ3n) is 8.01. The molecule has 0 bridgehead atoms. The van der Waals surface area contributed by atoms with Crippen LogP contribution >= 0.6 is 86.0 Å². The van der Waals surface area contributed by atoms with Gasteiger partial charge in [0.25, 0.3) is 0 Å². The van der Waals surface area contributed by atoms with Gasteiger partial charge >= 0.3 is 19.8 Å². The summed E-state index contributed by atoms with van der Waals surface area (Å²) in [4.78, 5) is 28.3. The van der Waals surface area contributed by atoms with Crippen molar-refractivity contribution in [2.24, 2.45) is 4.88 Å². The fourth-order valence-electron chi connectivity index (χ4n) is 5.29. The third-order valence-corrected chi connectivity index (χ3v) is 11.1. The number of para-hydroxylation sites is 2. The van der Waals surface area contributed by atoms with Crippen LogP contribution in [0.5, 0.6) is 11.5 Å². The molecule has 8 aromatic rings. The number of carbonyl (C=O) groups excluding carboxylic acids is 1. The van der Waals surface area contributed by atoms with E-state index in [-0.39, 0.29) is 18.8 Å². The van der Waals surface area contributed by atoms with Gasteiger partial charge in [-0.1, -0.05) is 115 Å². The zero-order valence-corrected chi connectivity index (χ0v) is 40.1. The number of halogens is 6. The molecule has 2 aromatic heterocycles. The van der Waals surface area contributed by atoms with Crippen LogP contribution in [0, 0.1) is 0 Å². The van der Waals surface area contributed by atoms with Crippen molar-refractivity contribution >= 4 is 126 Å². The molecule has 3 N–H and O–H groups in total. The number of carboxylic acid groups (broad SMARTS) is 1. The summed E-state index contributed by atoms with van der Waals surface area (Å²) in [6.45, 7) is 0.0336. The molecule has 0 saturated carbocycles. The Morgan fingerprint density at radius 1 is 0.692 bits per heavy atom. The van der Waals surface area contributed by atoms with E-state index in [9.17, 15) is 14.2 Å². The first-order valence-corrected chi connectivity index (χ1v) is 22.9. The van der Waals surface area contributed by atoms with E-state index >= 15 is 0 Å². The number of rotatable bonds is 10. The summed E-state index contributed by atoms with van der Waals surface area (Å²) in [7, 11) is -3.95. The summed E-state index contributed by atoms with van der Waals surface area (Å²) in [6, 6.07) is 37.5. The van der Waals surface area contributed by atoms with Crippen LogP contribution in [0.4, 0.5) is 10.5 Å². The number of ether oxygens (including phenoxy) is 1. The van der Waals surface area contributed by atoms with Gasteiger partial charge in [-0.2, -0.15) is 0 Å². The maximum absolute atomic E-state index is 12.3. The molecule has 0 aliphatic rings. The third kappa shape index (κ3) is 16.1. The standard InChI is InChI=1S/C16H10BrCl2NO3.C12H10N3O3P.C9H5BrO3.C7H6Cl2O/c17-10-1-2-15-13(5-10)14(8-22-15)20-16(21)23-7-9-3-11(18)6-12(19)4-9;13-14-15-19(16,17-11-7-3-1-4-8-11)18-12-9-5-2-6-10-12;10-5-1-2-8-6(3-5)7(4-13-8)9(11)12;8-6-1-5(4-10)2-7(9)3-6/h1-6,8H,7H2,(H,20,21);1-10H;1-4H,(H,11,12);1-3,10H,4H2. The minimum atomic E-state index is -3.95. The van der Waals surface area contributed by atoms with Gasteiger partial charge < -0.3 is 32.8 Å². The monoisotopic (exact) mass is 1100 g/mol. The molecular formula is C44H31Br2Cl4N4O10P. The average molecular weight is 1110 g/mol. The number of carboxylic acids is 1. The summed E-state index contributed by atoms with van der Waals surface area (Å²) >= 11 is 29.7. The first-order valence-electron chi connectivity index (χ1n) is 18.3. The first-order chi connectivity index (χ1) is 31.1. The second kappa shape index (κ2) is 24.6. The fourth-order valence-corrected chi connectivity index (χ4v) is 8.14. The molecule has 0 saturated heterocycles. The quantitative estimate of drug-likeness (QED) is 0.0511. The van der Waals surface area contributed by atoms with Crippen molar-refractivity contribution < 1.29 is 47.0 Å². The number of fused-ring (bicyclic) bond motifs is 2. The summed E-state index contributed by atoms with van der Waals surface area (Å²) in [5.41, 5.74) is 11.9. The van der Waals surface area contributed by atoms with E-state index in [0.29, 0.717) is 59.4 Å². The van der Waals surface area contributed by atoms with Crippen molar-refractivity contribution in [2.45, 2.75) is 13.2 Å². The number of benzene rings is 6. The number of amides is 1. The number of hydrogen-bond acceptors (Lipinski definition) is 9. The second-order valence-electron chi connectivity index (χ2n) is 12.8. The van der Waals surface area contributed by atoms with Crippen LogP contribution in [0.25, 0.3) is 32.4 Å². The highest BCUT2D eigenvalue weighted by Gasteiger charge is 2.26. The van der Waals surface area contributed by atoms with E-state index in [0.717, 1.165) is 19.9 Å². The lowest BCUT2D eigenvalue weighted by Crippen LogP contribution is -2.13. The zero-order valence-electron chi connectivity index (χ0n) is 33.0. The van der Waals surface area contributed by atoms with E-state index in [2.05, 4.69) is 47.0 Å². The molecule has 65 heavy (non-hydrogen) atoms. The molecule has 0 aliphatic carbocycles. The number of aromatic carboxylic acids is 1. The first kappa shape index (κ1) is 50.4. The molecule has 334 valence electrons. The highest BCUT2D eigenvalue weighted by Crippen LogP contribution is 2.50.